The lowest BCUT2D eigenvalue weighted by molar-refractivity contribution is -0.132. The number of ketones is 1. The van der Waals surface area contributed by atoms with Gasteiger partial charge >= 0.3 is 5.91 Å². The molecule has 2 N–H and O–H groups in total. The van der Waals surface area contributed by atoms with Gasteiger partial charge in [0.2, 0.25) is 5.95 Å². The van der Waals surface area contributed by atoms with Gasteiger partial charge in [-0.3, -0.25) is 14.5 Å². The van der Waals surface area contributed by atoms with Crippen molar-refractivity contribution in [3.63, 3.8) is 0 Å². The number of methoxy groups -OCH3 is 1. The standard InChI is InChI=1S/C25H17ClFN3O4/c1-34-15-10-11-17(26)16(12-15)22(31)20-21(13-6-8-14(27)9-7-13)30(24(33)23(20)32)25-28-18-4-2-3-5-19(18)29-25/h2-12,21,31H,1H3,(H,28,29)/b22-20+. The van der Waals surface area contributed by atoms with E-state index in [2.05, 4.69) is 9.97 Å². The number of nitrogens with one attached hydrogen (secondary N) is 1. The van der Waals surface area contributed by atoms with Crippen LogP contribution in [0.3, 0.4) is 0 Å². The first-order valence-corrected chi connectivity index (χ1v) is 10.6. The van der Waals surface area contributed by atoms with E-state index in [-0.39, 0.29) is 22.1 Å². The van der Waals surface area contributed by atoms with Crippen LogP contribution in [-0.4, -0.2) is 33.9 Å². The maximum absolute atomic E-state index is 13.7. The van der Waals surface area contributed by atoms with Crippen LogP contribution in [0.25, 0.3) is 16.8 Å². The summed E-state index contributed by atoms with van der Waals surface area (Å²) in [6, 6.07) is 16.0. The van der Waals surface area contributed by atoms with Crippen LogP contribution >= 0.6 is 11.6 Å². The summed E-state index contributed by atoms with van der Waals surface area (Å²) in [6.07, 6.45) is 0. The number of Topliss-reactive ketones (excluding diaryl/α,β-unsaturated/α-hetero) is 1. The highest BCUT2D eigenvalue weighted by molar-refractivity contribution is 6.51. The summed E-state index contributed by atoms with van der Waals surface area (Å²) in [5.41, 5.74) is 1.57. The Kier molecular flexibility index (Phi) is 5.30. The van der Waals surface area contributed by atoms with Gasteiger partial charge in [0.25, 0.3) is 5.78 Å². The number of carbonyl (C=O) groups is 2. The first-order chi connectivity index (χ1) is 16.4. The third-order valence-electron chi connectivity index (χ3n) is 5.66. The molecule has 0 bridgehead atoms. The Bertz CT molecular complexity index is 1450. The van der Waals surface area contributed by atoms with Crippen LogP contribution in [-0.2, 0) is 9.59 Å². The molecular formula is C25H17ClFN3O4. The zero-order valence-electron chi connectivity index (χ0n) is 17.8. The zero-order valence-corrected chi connectivity index (χ0v) is 18.5. The summed E-state index contributed by atoms with van der Waals surface area (Å²) < 4.78 is 18.9. The van der Waals surface area contributed by atoms with Crippen LogP contribution in [0.5, 0.6) is 5.75 Å². The molecule has 3 aromatic carbocycles. The normalized spacial score (nSPS) is 17.5. The molecule has 170 valence electrons. The Morgan fingerprint density at radius 2 is 1.85 bits per heavy atom. The maximum Gasteiger partial charge on any atom is 0.302 e. The Balaban J connectivity index is 1.75. The average Bonchev–Trinajstić information content (AvgIpc) is 3.38. The fourth-order valence-corrected chi connectivity index (χ4v) is 4.23. The van der Waals surface area contributed by atoms with Crippen LogP contribution in [0.15, 0.2) is 72.3 Å². The molecule has 1 aliphatic rings. The topological polar surface area (TPSA) is 95.5 Å². The van der Waals surface area contributed by atoms with E-state index in [1.165, 1.54) is 43.5 Å². The van der Waals surface area contributed by atoms with Crippen molar-refractivity contribution in [2.24, 2.45) is 0 Å². The number of fused-ring (bicyclic) bond motifs is 1. The second-order valence-corrected chi connectivity index (χ2v) is 8.05. The predicted octanol–water partition coefficient (Wildman–Crippen LogP) is 4.99. The number of ether oxygens (including phenoxy) is 1. The second kappa shape index (κ2) is 8.31. The van der Waals surface area contributed by atoms with E-state index in [0.29, 0.717) is 22.3 Å². The number of hydrogen-bond acceptors (Lipinski definition) is 5. The van der Waals surface area contributed by atoms with E-state index in [0.717, 1.165) is 4.90 Å². The maximum atomic E-state index is 13.7. The molecule has 9 heteroatoms. The van der Waals surface area contributed by atoms with E-state index in [9.17, 15) is 19.1 Å². The monoisotopic (exact) mass is 477 g/mol. The largest absolute Gasteiger partial charge is 0.507 e. The fraction of sp³-hybridized carbons (Fsp3) is 0.0800. The molecule has 1 unspecified atom stereocenters. The molecule has 1 saturated heterocycles. The number of imidazole rings is 1. The molecule has 1 atom stereocenters. The van der Waals surface area contributed by atoms with Crippen molar-refractivity contribution in [1.29, 1.82) is 0 Å². The molecule has 4 aromatic rings. The Hall–Kier alpha value is -4.17. The molecule has 0 radical (unpaired) electrons. The number of benzene rings is 3. The molecule has 1 fully saturated rings. The minimum absolute atomic E-state index is 0.119. The number of rotatable bonds is 4. The third-order valence-corrected chi connectivity index (χ3v) is 5.99. The van der Waals surface area contributed by atoms with Crippen molar-refractivity contribution < 1.29 is 23.8 Å². The molecule has 0 aliphatic carbocycles. The van der Waals surface area contributed by atoms with Crippen molar-refractivity contribution in [1.82, 2.24) is 9.97 Å². The molecular weight excluding hydrogens is 461 g/mol. The fourth-order valence-electron chi connectivity index (χ4n) is 4.02. The van der Waals surface area contributed by atoms with E-state index in [1.807, 2.05) is 0 Å². The number of anilines is 1. The van der Waals surface area contributed by atoms with Crippen molar-refractivity contribution >= 4 is 46.0 Å². The van der Waals surface area contributed by atoms with Gasteiger partial charge in [0.1, 0.15) is 17.3 Å². The summed E-state index contributed by atoms with van der Waals surface area (Å²) in [4.78, 5) is 35.1. The lowest BCUT2D eigenvalue weighted by Gasteiger charge is -2.23. The summed E-state index contributed by atoms with van der Waals surface area (Å²) in [6.45, 7) is 0. The Morgan fingerprint density at radius 3 is 2.56 bits per heavy atom. The highest BCUT2D eigenvalue weighted by Crippen LogP contribution is 2.43. The predicted molar refractivity (Wildman–Crippen MR) is 125 cm³/mol. The van der Waals surface area contributed by atoms with Gasteiger partial charge in [-0.2, -0.15) is 0 Å². The number of aliphatic hydroxyl groups excluding tert-OH is 1. The van der Waals surface area contributed by atoms with Gasteiger partial charge < -0.3 is 14.8 Å². The summed E-state index contributed by atoms with van der Waals surface area (Å²) in [7, 11) is 1.45. The summed E-state index contributed by atoms with van der Waals surface area (Å²) in [5, 5.41) is 11.4. The first-order valence-electron chi connectivity index (χ1n) is 10.2. The molecule has 1 aromatic heterocycles. The van der Waals surface area contributed by atoms with Gasteiger partial charge in [0, 0.05) is 5.56 Å². The highest BCUT2D eigenvalue weighted by Gasteiger charge is 2.48. The zero-order chi connectivity index (χ0) is 24.0. The number of hydrogen-bond donors (Lipinski definition) is 2. The lowest BCUT2D eigenvalue weighted by Crippen LogP contribution is -2.30. The van der Waals surface area contributed by atoms with Gasteiger partial charge in [-0.25, -0.2) is 9.37 Å². The molecule has 2 heterocycles. The SMILES string of the molecule is COc1ccc(Cl)c(/C(O)=C2\C(=O)C(=O)N(c3nc4ccccc4[nH]3)C2c2ccc(F)cc2)c1. The van der Waals surface area contributed by atoms with Gasteiger partial charge in [-0.05, 0) is 48.0 Å². The molecule has 1 amide bonds. The average molecular weight is 478 g/mol. The number of H-pyrrole nitrogens is 1. The van der Waals surface area contributed by atoms with Crippen LogP contribution in [0.2, 0.25) is 5.02 Å². The number of nitrogens with zero attached hydrogens (tertiary/aromatic N) is 2. The van der Waals surface area contributed by atoms with Crippen molar-refractivity contribution in [3.05, 3.63) is 94.3 Å². The number of aliphatic hydroxyl groups is 1. The van der Waals surface area contributed by atoms with Crippen LogP contribution < -0.4 is 9.64 Å². The molecule has 7 nitrogen and oxygen atoms in total. The highest BCUT2D eigenvalue weighted by atomic mass is 35.5. The Labute approximate surface area is 198 Å². The molecule has 0 spiro atoms. The molecule has 5 rings (SSSR count). The number of amides is 1. The number of aromatic nitrogens is 2. The van der Waals surface area contributed by atoms with E-state index in [4.69, 9.17) is 16.3 Å². The summed E-state index contributed by atoms with van der Waals surface area (Å²) in [5.74, 6) is -2.26. The minimum atomic E-state index is -1.08. The smallest absolute Gasteiger partial charge is 0.302 e. The second-order valence-electron chi connectivity index (χ2n) is 7.64. The molecule has 1 aliphatic heterocycles. The van der Waals surface area contributed by atoms with Crippen molar-refractivity contribution in [2.75, 3.05) is 12.0 Å². The van der Waals surface area contributed by atoms with Crippen LogP contribution in [0, 0.1) is 5.82 Å². The Morgan fingerprint density at radius 1 is 1.12 bits per heavy atom. The van der Waals surface area contributed by atoms with Crippen LogP contribution in [0.1, 0.15) is 17.2 Å². The van der Waals surface area contributed by atoms with Crippen molar-refractivity contribution in [3.8, 4) is 5.75 Å². The number of aromatic amines is 1. The van der Waals surface area contributed by atoms with Crippen LogP contribution in [0.4, 0.5) is 10.3 Å². The van der Waals surface area contributed by atoms with E-state index >= 15 is 0 Å². The quantitative estimate of drug-likeness (QED) is 0.245. The first kappa shape index (κ1) is 21.7. The number of carbonyl (C=O) groups excluding carboxylic acids is 2. The van der Waals surface area contributed by atoms with Gasteiger partial charge in [0.15, 0.2) is 0 Å². The minimum Gasteiger partial charge on any atom is -0.507 e. The van der Waals surface area contributed by atoms with Crippen molar-refractivity contribution in [2.45, 2.75) is 6.04 Å². The van der Waals surface area contributed by atoms with Gasteiger partial charge in [-0.15, -0.1) is 0 Å². The molecule has 34 heavy (non-hydrogen) atoms. The van der Waals surface area contributed by atoms with E-state index < -0.39 is 29.3 Å². The molecule has 0 saturated carbocycles. The third kappa shape index (κ3) is 3.48. The number of halogens is 2. The lowest BCUT2D eigenvalue weighted by atomic mass is 9.95. The van der Waals surface area contributed by atoms with Gasteiger partial charge in [0.05, 0.1) is 34.8 Å². The number of para-hydroxylation sites is 2. The van der Waals surface area contributed by atoms with E-state index in [1.54, 1.807) is 30.3 Å². The summed E-state index contributed by atoms with van der Waals surface area (Å²) >= 11 is 6.30. The van der Waals surface area contributed by atoms with Gasteiger partial charge in [-0.1, -0.05) is 35.9 Å².